The van der Waals surface area contributed by atoms with Crippen molar-refractivity contribution in [3.63, 3.8) is 0 Å². The van der Waals surface area contributed by atoms with Crippen LogP contribution in [0.5, 0.6) is 0 Å². The van der Waals surface area contributed by atoms with E-state index in [4.69, 9.17) is 0 Å². The van der Waals surface area contributed by atoms with E-state index in [9.17, 15) is 9.59 Å². The minimum Gasteiger partial charge on any atom is -0.331 e. The van der Waals surface area contributed by atoms with Crippen LogP contribution in [0.2, 0.25) is 0 Å². The Morgan fingerprint density at radius 1 is 0.931 bits per heavy atom. The maximum Gasteiger partial charge on any atom is 0.258 e. The molecule has 4 aromatic rings. The lowest BCUT2D eigenvalue weighted by Gasteiger charge is -2.22. The number of pyridine rings is 1. The average molecular weight is 384 g/mol. The Kier molecular flexibility index (Phi) is 5.42. The van der Waals surface area contributed by atoms with Gasteiger partial charge in [0.25, 0.3) is 11.5 Å². The van der Waals surface area contributed by atoms with Crippen LogP contribution in [-0.4, -0.2) is 32.3 Å². The van der Waals surface area contributed by atoms with Crippen molar-refractivity contribution in [2.75, 3.05) is 6.54 Å². The van der Waals surface area contributed by atoms with Gasteiger partial charge >= 0.3 is 0 Å². The van der Waals surface area contributed by atoms with Gasteiger partial charge in [-0.05, 0) is 36.2 Å². The first-order valence-electron chi connectivity index (χ1n) is 9.42. The molecule has 0 unspecified atom stereocenters. The molecule has 0 fully saturated rings. The van der Waals surface area contributed by atoms with E-state index in [2.05, 4.69) is 15.0 Å². The summed E-state index contributed by atoms with van der Waals surface area (Å²) >= 11 is 0. The highest BCUT2D eigenvalue weighted by Crippen LogP contribution is 2.11. The van der Waals surface area contributed by atoms with Crippen molar-refractivity contribution in [3.8, 4) is 0 Å². The molecule has 144 valence electrons. The van der Waals surface area contributed by atoms with E-state index in [1.165, 1.54) is 0 Å². The van der Waals surface area contributed by atoms with Crippen LogP contribution in [0.25, 0.3) is 10.9 Å². The number of nitrogens with one attached hydrogen (secondary N) is 1. The Hall–Kier alpha value is -3.80. The lowest BCUT2D eigenvalue weighted by molar-refractivity contribution is 0.0740. The van der Waals surface area contributed by atoms with Crippen molar-refractivity contribution in [1.82, 2.24) is 19.9 Å². The lowest BCUT2D eigenvalue weighted by Crippen LogP contribution is -2.34. The molecule has 0 aliphatic heterocycles. The third kappa shape index (κ3) is 4.38. The number of para-hydroxylation sites is 1. The summed E-state index contributed by atoms with van der Waals surface area (Å²) in [4.78, 5) is 38.5. The van der Waals surface area contributed by atoms with Gasteiger partial charge in [0.15, 0.2) is 0 Å². The standard InChI is InChI=1S/C23H20N4O2/c28-22-19-8-4-5-9-20(19)25-21(26-22)16-27(15-12-17-6-2-1-3-7-17)23(29)18-10-13-24-14-11-18/h1-11,13-14H,12,15-16H2,(H,25,26,28). The molecule has 2 aromatic heterocycles. The van der Waals surface area contributed by atoms with Crippen LogP contribution >= 0.6 is 0 Å². The van der Waals surface area contributed by atoms with Crippen LogP contribution < -0.4 is 5.56 Å². The van der Waals surface area contributed by atoms with Crippen molar-refractivity contribution in [2.45, 2.75) is 13.0 Å². The average Bonchev–Trinajstić information content (AvgIpc) is 2.77. The highest BCUT2D eigenvalue weighted by atomic mass is 16.2. The van der Waals surface area contributed by atoms with Gasteiger partial charge in [0.2, 0.25) is 0 Å². The predicted molar refractivity (Wildman–Crippen MR) is 111 cm³/mol. The van der Waals surface area contributed by atoms with Crippen molar-refractivity contribution >= 4 is 16.8 Å². The molecule has 29 heavy (non-hydrogen) atoms. The molecule has 0 aliphatic rings. The molecule has 6 heteroatoms. The molecule has 0 atom stereocenters. The van der Waals surface area contributed by atoms with E-state index in [0.717, 1.165) is 5.56 Å². The molecule has 2 heterocycles. The van der Waals surface area contributed by atoms with Gasteiger partial charge in [-0.1, -0.05) is 42.5 Å². The first kappa shape index (κ1) is 18.6. The number of fused-ring (bicyclic) bond motifs is 1. The first-order valence-corrected chi connectivity index (χ1v) is 9.42. The van der Waals surface area contributed by atoms with E-state index in [1.807, 2.05) is 36.4 Å². The Balaban J connectivity index is 1.62. The summed E-state index contributed by atoms with van der Waals surface area (Å²) in [6, 6.07) is 20.5. The fourth-order valence-corrected chi connectivity index (χ4v) is 3.23. The maximum absolute atomic E-state index is 13.1. The minimum atomic E-state index is -0.204. The molecule has 0 aliphatic carbocycles. The SMILES string of the molecule is O=C(c1ccncc1)N(CCc1ccccc1)Cc1nc2ccccc2c(=O)[nH]1. The number of aromatic nitrogens is 3. The molecule has 6 nitrogen and oxygen atoms in total. The van der Waals surface area contributed by atoms with Gasteiger partial charge in [0.1, 0.15) is 5.82 Å². The highest BCUT2D eigenvalue weighted by molar-refractivity contribution is 5.94. The van der Waals surface area contributed by atoms with Gasteiger partial charge in [-0.2, -0.15) is 0 Å². The maximum atomic E-state index is 13.1. The number of rotatable bonds is 6. The smallest absolute Gasteiger partial charge is 0.258 e. The number of benzene rings is 2. The van der Waals surface area contributed by atoms with Gasteiger partial charge in [-0.25, -0.2) is 4.98 Å². The zero-order chi connectivity index (χ0) is 20.1. The zero-order valence-electron chi connectivity index (χ0n) is 15.8. The second-order valence-corrected chi connectivity index (χ2v) is 6.73. The third-order valence-corrected chi connectivity index (χ3v) is 4.73. The van der Waals surface area contributed by atoms with Crippen LogP contribution in [0.1, 0.15) is 21.7 Å². The summed E-state index contributed by atoms with van der Waals surface area (Å²) in [5.41, 5.74) is 2.10. The Bertz CT molecular complexity index is 1170. The van der Waals surface area contributed by atoms with Gasteiger partial charge in [0.05, 0.1) is 17.4 Å². The molecular formula is C23H20N4O2. The number of carbonyl (C=O) groups excluding carboxylic acids is 1. The van der Waals surface area contributed by atoms with Gasteiger partial charge < -0.3 is 9.88 Å². The molecule has 0 spiro atoms. The molecule has 0 radical (unpaired) electrons. The Morgan fingerprint density at radius 3 is 2.45 bits per heavy atom. The monoisotopic (exact) mass is 384 g/mol. The second kappa shape index (κ2) is 8.48. The molecule has 0 bridgehead atoms. The van der Waals surface area contributed by atoms with Crippen LogP contribution in [-0.2, 0) is 13.0 Å². The lowest BCUT2D eigenvalue weighted by atomic mass is 10.1. The van der Waals surface area contributed by atoms with E-state index < -0.39 is 0 Å². The van der Waals surface area contributed by atoms with Crippen LogP contribution in [0.15, 0.2) is 83.9 Å². The molecule has 1 N–H and O–H groups in total. The second-order valence-electron chi connectivity index (χ2n) is 6.73. The van der Waals surface area contributed by atoms with E-state index in [-0.39, 0.29) is 18.0 Å². The van der Waals surface area contributed by atoms with Gasteiger partial charge in [-0.15, -0.1) is 0 Å². The summed E-state index contributed by atoms with van der Waals surface area (Å²) in [5.74, 6) is 0.336. The molecule has 2 aromatic carbocycles. The molecular weight excluding hydrogens is 364 g/mol. The summed E-state index contributed by atoms with van der Waals surface area (Å²) in [6.07, 6.45) is 3.90. The molecule has 0 saturated heterocycles. The fraction of sp³-hybridized carbons (Fsp3) is 0.130. The first-order chi connectivity index (χ1) is 14.2. The van der Waals surface area contributed by atoms with E-state index in [1.54, 1.807) is 47.6 Å². The van der Waals surface area contributed by atoms with Crippen molar-refractivity contribution in [2.24, 2.45) is 0 Å². The number of hydrogen-bond acceptors (Lipinski definition) is 4. The topological polar surface area (TPSA) is 79.0 Å². The van der Waals surface area contributed by atoms with Crippen LogP contribution in [0.4, 0.5) is 0 Å². The molecule has 4 rings (SSSR count). The number of H-pyrrole nitrogens is 1. The van der Waals surface area contributed by atoms with Gasteiger partial charge in [-0.3, -0.25) is 14.6 Å². The fourth-order valence-electron chi connectivity index (χ4n) is 3.23. The largest absolute Gasteiger partial charge is 0.331 e. The summed E-state index contributed by atoms with van der Waals surface area (Å²) < 4.78 is 0. The molecule has 0 saturated carbocycles. The number of aromatic amines is 1. The van der Waals surface area contributed by atoms with E-state index >= 15 is 0 Å². The normalized spacial score (nSPS) is 10.8. The number of carbonyl (C=O) groups is 1. The van der Waals surface area contributed by atoms with Crippen molar-refractivity contribution in [1.29, 1.82) is 0 Å². The van der Waals surface area contributed by atoms with Crippen molar-refractivity contribution in [3.05, 3.63) is 106 Å². The van der Waals surface area contributed by atoms with Crippen LogP contribution in [0.3, 0.4) is 0 Å². The summed E-state index contributed by atoms with van der Waals surface area (Å²) in [5, 5.41) is 0.535. The highest BCUT2D eigenvalue weighted by Gasteiger charge is 2.18. The number of hydrogen-bond donors (Lipinski definition) is 1. The Morgan fingerprint density at radius 2 is 1.66 bits per heavy atom. The number of amides is 1. The summed E-state index contributed by atoms with van der Waals surface area (Å²) in [6.45, 7) is 0.718. The number of nitrogens with zero attached hydrogens (tertiary/aromatic N) is 3. The van der Waals surface area contributed by atoms with E-state index in [0.29, 0.717) is 35.3 Å². The quantitative estimate of drug-likeness (QED) is 0.554. The van der Waals surface area contributed by atoms with Crippen LogP contribution in [0, 0.1) is 0 Å². The van der Waals surface area contributed by atoms with Crippen molar-refractivity contribution < 1.29 is 4.79 Å². The third-order valence-electron chi connectivity index (χ3n) is 4.73. The Labute approximate surface area is 167 Å². The summed E-state index contributed by atoms with van der Waals surface area (Å²) in [7, 11) is 0. The van der Waals surface area contributed by atoms with Gasteiger partial charge in [0, 0.05) is 24.5 Å². The zero-order valence-corrected chi connectivity index (χ0v) is 15.8. The predicted octanol–water partition coefficient (Wildman–Crippen LogP) is 3.20. The molecule has 1 amide bonds. The minimum absolute atomic E-state index is 0.126.